The van der Waals surface area contributed by atoms with Crippen molar-refractivity contribution in [3.05, 3.63) is 29.6 Å². The van der Waals surface area contributed by atoms with E-state index in [1.165, 1.54) is 13.2 Å². The van der Waals surface area contributed by atoms with E-state index in [4.69, 9.17) is 9.47 Å². The highest BCUT2D eigenvalue weighted by molar-refractivity contribution is 5.29. The van der Waals surface area contributed by atoms with E-state index in [9.17, 15) is 9.50 Å². The van der Waals surface area contributed by atoms with E-state index in [1.807, 2.05) is 6.92 Å². The molecule has 0 bridgehead atoms. The molecule has 18 heavy (non-hydrogen) atoms. The maximum atomic E-state index is 13.4. The second-order valence-electron chi connectivity index (χ2n) is 4.45. The Bertz CT molecular complexity index is 368. The minimum atomic E-state index is -0.476. The van der Waals surface area contributed by atoms with Gasteiger partial charge in [-0.1, -0.05) is 6.07 Å². The maximum absolute atomic E-state index is 13.4. The number of aliphatic hydroxyl groups excluding tert-OH is 1. The van der Waals surface area contributed by atoms with Crippen molar-refractivity contribution in [2.45, 2.75) is 38.4 Å². The molecule has 1 aromatic carbocycles. The molecule has 3 nitrogen and oxygen atoms in total. The van der Waals surface area contributed by atoms with E-state index < -0.39 is 11.9 Å². The van der Waals surface area contributed by atoms with Crippen molar-refractivity contribution < 1.29 is 19.0 Å². The zero-order valence-corrected chi connectivity index (χ0v) is 11.1. The fourth-order valence-corrected chi connectivity index (χ4v) is 1.76. The summed E-state index contributed by atoms with van der Waals surface area (Å²) >= 11 is 0. The molecule has 0 saturated carbocycles. The Kier molecular flexibility index (Phi) is 6.09. The van der Waals surface area contributed by atoms with E-state index >= 15 is 0 Å². The summed E-state index contributed by atoms with van der Waals surface area (Å²) in [4.78, 5) is 0. The molecule has 0 aliphatic rings. The molecule has 2 unspecified atom stereocenters. The first-order valence-electron chi connectivity index (χ1n) is 6.10. The van der Waals surface area contributed by atoms with Crippen LogP contribution in [0.5, 0.6) is 5.75 Å². The molecule has 1 rings (SSSR count). The lowest BCUT2D eigenvalue weighted by Gasteiger charge is -2.14. The van der Waals surface area contributed by atoms with Crippen LogP contribution in [0.25, 0.3) is 0 Å². The number of hydrogen-bond donors (Lipinski definition) is 1. The lowest BCUT2D eigenvalue weighted by atomic mass is 10.0. The largest absolute Gasteiger partial charge is 0.494 e. The monoisotopic (exact) mass is 256 g/mol. The fraction of sp³-hybridized carbons (Fsp3) is 0.571. The average Bonchev–Trinajstić information content (AvgIpc) is 2.36. The third-order valence-corrected chi connectivity index (χ3v) is 3.00. The van der Waals surface area contributed by atoms with Crippen molar-refractivity contribution in [2.24, 2.45) is 0 Å². The van der Waals surface area contributed by atoms with Crippen LogP contribution in [0.2, 0.25) is 0 Å². The highest BCUT2D eigenvalue weighted by atomic mass is 19.1. The van der Waals surface area contributed by atoms with E-state index in [0.717, 1.165) is 12.0 Å². The maximum Gasteiger partial charge on any atom is 0.165 e. The smallest absolute Gasteiger partial charge is 0.165 e. The number of hydrogen-bond acceptors (Lipinski definition) is 3. The molecule has 1 N–H and O–H groups in total. The number of ether oxygens (including phenoxy) is 2. The number of methoxy groups -OCH3 is 2. The molecule has 0 aliphatic carbocycles. The highest BCUT2D eigenvalue weighted by Crippen LogP contribution is 2.19. The van der Waals surface area contributed by atoms with Gasteiger partial charge in [0.15, 0.2) is 11.6 Å². The summed E-state index contributed by atoms with van der Waals surface area (Å²) in [6.07, 6.45) is 1.53. The molecule has 0 saturated heterocycles. The second kappa shape index (κ2) is 7.34. The molecular weight excluding hydrogens is 235 g/mol. The van der Waals surface area contributed by atoms with Crippen LogP contribution in [-0.4, -0.2) is 31.5 Å². The quantitative estimate of drug-likeness (QED) is 0.815. The number of benzene rings is 1. The molecule has 4 heteroatoms. The minimum Gasteiger partial charge on any atom is -0.494 e. The zero-order valence-electron chi connectivity index (χ0n) is 11.1. The lowest BCUT2D eigenvalue weighted by Crippen LogP contribution is -2.15. The third-order valence-electron chi connectivity index (χ3n) is 3.00. The predicted octanol–water partition coefficient (Wildman–Crippen LogP) is 2.55. The van der Waals surface area contributed by atoms with Gasteiger partial charge in [0, 0.05) is 7.11 Å². The van der Waals surface area contributed by atoms with Gasteiger partial charge in [-0.25, -0.2) is 4.39 Å². The van der Waals surface area contributed by atoms with Gasteiger partial charge in [0.1, 0.15) is 0 Å². The standard InChI is InChI=1S/C14H21FO3/c1-10(17-2)4-6-12(16)8-11-5-7-14(18-3)13(15)9-11/h5,7,9-10,12,16H,4,6,8H2,1-3H3. The molecule has 0 spiro atoms. The van der Waals surface area contributed by atoms with Gasteiger partial charge in [0.2, 0.25) is 0 Å². The van der Waals surface area contributed by atoms with Crippen LogP contribution >= 0.6 is 0 Å². The molecule has 0 radical (unpaired) electrons. The van der Waals surface area contributed by atoms with E-state index in [-0.39, 0.29) is 11.9 Å². The van der Waals surface area contributed by atoms with Crippen molar-refractivity contribution in [1.82, 2.24) is 0 Å². The van der Waals surface area contributed by atoms with Crippen LogP contribution in [-0.2, 0) is 11.2 Å². The fourth-order valence-electron chi connectivity index (χ4n) is 1.76. The van der Waals surface area contributed by atoms with Crippen molar-refractivity contribution in [2.75, 3.05) is 14.2 Å². The first-order valence-corrected chi connectivity index (χ1v) is 6.10. The van der Waals surface area contributed by atoms with Crippen LogP contribution < -0.4 is 4.74 Å². The number of rotatable bonds is 7. The summed E-state index contributed by atoms with van der Waals surface area (Å²) in [6, 6.07) is 4.75. The Hall–Kier alpha value is -1.13. The molecule has 0 fully saturated rings. The number of aliphatic hydroxyl groups is 1. The summed E-state index contributed by atoms with van der Waals surface area (Å²) in [5, 5.41) is 9.86. The van der Waals surface area contributed by atoms with Crippen molar-refractivity contribution in [3.63, 3.8) is 0 Å². The van der Waals surface area contributed by atoms with E-state index in [2.05, 4.69) is 0 Å². The molecule has 0 heterocycles. The van der Waals surface area contributed by atoms with Crippen LogP contribution in [0.3, 0.4) is 0 Å². The van der Waals surface area contributed by atoms with Gasteiger partial charge in [-0.3, -0.25) is 0 Å². The van der Waals surface area contributed by atoms with Gasteiger partial charge in [0.25, 0.3) is 0 Å². The summed E-state index contributed by atoms with van der Waals surface area (Å²) in [7, 11) is 3.08. The van der Waals surface area contributed by atoms with Gasteiger partial charge in [-0.2, -0.15) is 0 Å². The van der Waals surface area contributed by atoms with Crippen LogP contribution in [0, 0.1) is 5.82 Å². The Morgan fingerprint density at radius 1 is 1.28 bits per heavy atom. The van der Waals surface area contributed by atoms with Crippen LogP contribution in [0.4, 0.5) is 4.39 Å². The first kappa shape index (κ1) is 14.9. The SMILES string of the molecule is COc1ccc(CC(O)CCC(C)OC)cc1F. The van der Waals surface area contributed by atoms with Gasteiger partial charge in [-0.05, 0) is 43.9 Å². The lowest BCUT2D eigenvalue weighted by molar-refractivity contribution is 0.0851. The molecule has 0 aromatic heterocycles. The summed E-state index contributed by atoms with van der Waals surface area (Å²) in [5.74, 6) is -0.172. The average molecular weight is 256 g/mol. The van der Waals surface area contributed by atoms with Gasteiger partial charge >= 0.3 is 0 Å². The summed E-state index contributed by atoms with van der Waals surface area (Å²) in [6.45, 7) is 1.96. The zero-order chi connectivity index (χ0) is 13.5. The number of halogens is 1. The van der Waals surface area contributed by atoms with Crippen molar-refractivity contribution in [3.8, 4) is 5.75 Å². The second-order valence-corrected chi connectivity index (χ2v) is 4.45. The topological polar surface area (TPSA) is 38.7 Å². The Morgan fingerprint density at radius 3 is 2.56 bits per heavy atom. The highest BCUT2D eigenvalue weighted by Gasteiger charge is 2.10. The van der Waals surface area contributed by atoms with E-state index in [1.54, 1.807) is 19.2 Å². The molecule has 0 aliphatic heterocycles. The Balaban J connectivity index is 2.49. The Morgan fingerprint density at radius 2 is 2.00 bits per heavy atom. The van der Waals surface area contributed by atoms with Crippen LogP contribution in [0.15, 0.2) is 18.2 Å². The van der Waals surface area contributed by atoms with Gasteiger partial charge in [0.05, 0.1) is 19.3 Å². The molecule has 2 atom stereocenters. The van der Waals surface area contributed by atoms with E-state index in [0.29, 0.717) is 12.8 Å². The molecule has 0 amide bonds. The van der Waals surface area contributed by atoms with Gasteiger partial charge in [-0.15, -0.1) is 0 Å². The van der Waals surface area contributed by atoms with Gasteiger partial charge < -0.3 is 14.6 Å². The summed E-state index contributed by atoms with van der Waals surface area (Å²) in [5.41, 5.74) is 0.769. The molecule has 1 aromatic rings. The Labute approximate surface area is 108 Å². The normalized spacial score (nSPS) is 14.3. The summed E-state index contributed by atoms with van der Waals surface area (Å²) < 4.78 is 23.4. The predicted molar refractivity (Wildman–Crippen MR) is 68.4 cm³/mol. The minimum absolute atomic E-state index is 0.132. The molecule has 102 valence electrons. The van der Waals surface area contributed by atoms with Crippen molar-refractivity contribution in [1.29, 1.82) is 0 Å². The van der Waals surface area contributed by atoms with Crippen LogP contribution in [0.1, 0.15) is 25.3 Å². The molecular formula is C14H21FO3. The first-order chi connectivity index (χ1) is 8.56. The van der Waals surface area contributed by atoms with Crippen molar-refractivity contribution >= 4 is 0 Å². The third kappa shape index (κ3) is 4.63.